The fraction of sp³-hybridized carbons (Fsp3) is 0.625. The maximum Gasteiger partial charge on any atom is 0.303 e. The molecule has 1 N–H and O–H groups in total. The Bertz CT molecular complexity index is 917. The van der Waals surface area contributed by atoms with Crippen molar-refractivity contribution in [1.82, 2.24) is 0 Å². The first kappa shape index (κ1) is 21.2. The molecule has 0 aromatic heterocycles. The van der Waals surface area contributed by atoms with Gasteiger partial charge in [-0.25, -0.2) is 4.39 Å². The third-order valence-electron chi connectivity index (χ3n) is 8.35. The van der Waals surface area contributed by atoms with Gasteiger partial charge in [-0.2, -0.15) is 0 Å². The smallest absolute Gasteiger partial charge is 0.303 e. The van der Waals surface area contributed by atoms with Crippen LogP contribution in [0.5, 0.6) is 0 Å². The molecule has 2 saturated carbocycles. The first-order chi connectivity index (χ1) is 13.9. The molecule has 0 saturated heterocycles. The van der Waals surface area contributed by atoms with Gasteiger partial charge in [0.2, 0.25) is 5.78 Å². The van der Waals surface area contributed by atoms with E-state index in [1.54, 1.807) is 6.08 Å². The number of hydrogen-bond donors (Lipinski definition) is 1. The van der Waals surface area contributed by atoms with Crippen LogP contribution in [0, 0.1) is 28.6 Å². The Morgan fingerprint density at radius 3 is 2.63 bits per heavy atom. The van der Waals surface area contributed by atoms with Gasteiger partial charge in [0.25, 0.3) is 0 Å². The molecule has 0 radical (unpaired) electrons. The van der Waals surface area contributed by atoms with Gasteiger partial charge in [0.1, 0.15) is 11.8 Å². The van der Waals surface area contributed by atoms with Crippen molar-refractivity contribution < 1.29 is 28.6 Å². The fourth-order valence-corrected chi connectivity index (χ4v) is 6.75. The lowest BCUT2D eigenvalue weighted by atomic mass is 9.51. The van der Waals surface area contributed by atoms with Gasteiger partial charge in [-0.05, 0) is 61.7 Å². The van der Waals surface area contributed by atoms with Gasteiger partial charge < -0.3 is 9.84 Å². The van der Waals surface area contributed by atoms with Crippen LogP contribution in [0.15, 0.2) is 35.5 Å². The SMILES string of the molecule is CC(=O)OCC(=O)[C@@]1(O)[C@H](C)C[C@@H]2[C@@H]3C[C@H](F)C4=CC(=O)C=C[C@]4(C)C3=CC[C@]21C. The molecule has 4 aliphatic carbocycles. The van der Waals surface area contributed by atoms with E-state index in [-0.39, 0.29) is 30.0 Å². The molecular formula is C24H29FO5. The summed E-state index contributed by atoms with van der Waals surface area (Å²) in [5.41, 5.74) is -1.48. The second-order valence-corrected chi connectivity index (χ2v) is 9.84. The molecule has 5 nitrogen and oxygen atoms in total. The number of carbonyl (C=O) groups excluding carboxylic acids is 3. The number of hydrogen-bond acceptors (Lipinski definition) is 5. The van der Waals surface area contributed by atoms with Crippen LogP contribution in [0.4, 0.5) is 4.39 Å². The zero-order chi connectivity index (χ0) is 22.1. The molecular weight excluding hydrogens is 387 g/mol. The lowest BCUT2D eigenvalue weighted by molar-refractivity contribution is -0.167. The van der Waals surface area contributed by atoms with Crippen LogP contribution in [0.3, 0.4) is 0 Å². The molecule has 4 aliphatic rings. The van der Waals surface area contributed by atoms with E-state index in [9.17, 15) is 19.5 Å². The van der Waals surface area contributed by atoms with Crippen molar-refractivity contribution in [2.75, 3.05) is 6.61 Å². The van der Waals surface area contributed by atoms with Gasteiger partial charge in [0.15, 0.2) is 12.4 Å². The number of carbonyl (C=O) groups is 3. The molecule has 4 rings (SSSR count). The van der Waals surface area contributed by atoms with E-state index in [1.165, 1.54) is 19.1 Å². The zero-order valence-electron chi connectivity index (χ0n) is 17.9. The molecule has 0 aliphatic heterocycles. The quantitative estimate of drug-likeness (QED) is 0.564. The van der Waals surface area contributed by atoms with E-state index in [1.807, 2.05) is 26.8 Å². The Morgan fingerprint density at radius 1 is 1.27 bits per heavy atom. The van der Waals surface area contributed by atoms with Gasteiger partial charge in [0, 0.05) is 17.8 Å². The minimum absolute atomic E-state index is 0.0820. The van der Waals surface area contributed by atoms with Crippen molar-refractivity contribution in [3.05, 3.63) is 35.5 Å². The molecule has 2 fully saturated rings. The number of ether oxygens (including phenoxy) is 1. The van der Waals surface area contributed by atoms with Crippen LogP contribution in [-0.4, -0.2) is 41.0 Å². The van der Waals surface area contributed by atoms with Crippen molar-refractivity contribution in [2.45, 2.75) is 58.7 Å². The predicted molar refractivity (Wildman–Crippen MR) is 108 cm³/mol. The predicted octanol–water partition coefficient (Wildman–Crippen LogP) is 3.27. The number of Topliss-reactive ketones (excluding diaryl/α,β-unsaturated/α-hetero) is 1. The summed E-state index contributed by atoms with van der Waals surface area (Å²) in [5.74, 6) is -1.80. The van der Waals surface area contributed by atoms with Crippen molar-refractivity contribution >= 4 is 17.5 Å². The minimum atomic E-state index is -1.64. The minimum Gasteiger partial charge on any atom is -0.458 e. The van der Waals surface area contributed by atoms with Gasteiger partial charge >= 0.3 is 5.97 Å². The van der Waals surface area contributed by atoms with Crippen molar-refractivity contribution in [2.24, 2.45) is 28.6 Å². The number of halogens is 1. The summed E-state index contributed by atoms with van der Waals surface area (Å²) in [4.78, 5) is 36.1. The molecule has 0 aromatic rings. The number of fused-ring (bicyclic) bond motifs is 5. The molecule has 0 aromatic carbocycles. The van der Waals surface area contributed by atoms with E-state index >= 15 is 4.39 Å². The average Bonchev–Trinajstić information content (AvgIpc) is 2.89. The largest absolute Gasteiger partial charge is 0.458 e. The Morgan fingerprint density at radius 2 is 1.97 bits per heavy atom. The Labute approximate surface area is 176 Å². The van der Waals surface area contributed by atoms with Crippen LogP contribution in [-0.2, 0) is 19.1 Å². The number of aliphatic hydroxyl groups is 1. The first-order valence-corrected chi connectivity index (χ1v) is 10.6. The normalized spacial score (nSPS) is 44.4. The maximum atomic E-state index is 15.3. The lowest BCUT2D eigenvalue weighted by Gasteiger charge is -2.54. The topological polar surface area (TPSA) is 80.7 Å². The highest BCUT2D eigenvalue weighted by atomic mass is 19.1. The van der Waals surface area contributed by atoms with Crippen LogP contribution < -0.4 is 0 Å². The fourth-order valence-electron chi connectivity index (χ4n) is 6.75. The molecule has 7 atom stereocenters. The number of rotatable bonds is 3. The van der Waals surface area contributed by atoms with E-state index in [0.717, 1.165) is 5.57 Å². The molecule has 0 heterocycles. The molecule has 0 bridgehead atoms. The summed E-state index contributed by atoms with van der Waals surface area (Å²) in [6, 6.07) is 0. The van der Waals surface area contributed by atoms with Crippen molar-refractivity contribution in [3.63, 3.8) is 0 Å². The monoisotopic (exact) mass is 416 g/mol. The van der Waals surface area contributed by atoms with E-state index in [4.69, 9.17) is 4.74 Å². The highest BCUT2D eigenvalue weighted by Crippen LogP contribution is 2.66. The highest BCUT2D eigenvalue weighted by Gasteiger charge is 2.67. The summed E-state index contributed by atoms with van der Waals surface area (Å²) >= 11 is 0. The van der Waals surface area contributed by atoms with Gasteiger partial charge in [-0.3, -0.25) is 14.4 Å². The number of allylic oxidation sites excluding steroid dienone is 6. The second kappa shape index (κ2) is 6.71. The summed E-state index contributed by atoms with van der Waals surface area (Å²) < 4.78 is 20.2. The average molecular weight is 416 g/mol. The summed E-state index contributed by atoms with van der Waals surface area (Å²) in [5, 5.41) is 11.6. The van der Waals surface area contributed by atoms with E-state index in [0.29, 0.717) is 18.4 Å². The highest BCUT2D eigenvalue weighted by molar-refractivity contribution is 6.01. The standard InChI is InChI=1S/C24H29FO5/c1-13-9-18-16-11-20(25)19-10-15(27)5-7-22(19,3)17(16)6-8-23(18,4)24(13,29)21(28)12-30-14(2)26/h5-7,10,13,16,18,20,29H,8-9,11-12H2,1-4H3/t13-,16-,18-,20+,22-,23-,24+/m1/s1. The molecule has 162 valence electrons. The van der Waals surface area contributed by atoms with Gasteiger partial charge in [0.05, 0.1) is 0 Å². The maximum absolute atomic E-state index is 15.3. The lowest BCUT2D eigenvalue weighted by Crippen LogP contribution is -2.58. The number of ketones is 2. The van der Waals surface area contributed by atoms with Crippen LogP contribution in [0.25, 0.3) is 0 Å². The van der Waals surface area contributed by atoms with Crippen molar-refractivity contribution in [1.29, 1.82) is 0 Å². The molecule has 30 heavy (non-hydrogen) atoms. The summed E-state index contributed by atoms with van der Waals surface area (Å²) in [6.07, 6.45) is 6.83. The number of alkyl halides is 1. The van der Waals surface area contributed by atoms with E-state index in [2.05, 4.69) is 0 Å². The summed E-state index contributed by atoms with van der Waals surface area (Å²) in [6.45, 7) is 6.47. The second-order valence-electron chi connectivity index (χ2n) is 9.84. The Kier molecular flexibility index (Phi) is 4.73. The number of esters is 1. The molecule has 0 amide bonds. The summed E-state index contributed by atoms with van der Waals surface area (Å²) in [7, 11) is 0. The van der Waals surface area contributed by atoms with Crippen LogP contribution >= 0.6 is 0 Å². The first-order valence-electron chi connectivity index (χ1n) is 10.6. The molecule has 0 spiro atoms. The van der Waals surface area contributed by atoms with Gasteiger partial charge in [-0.15, -0.1) is 0 Å². The van der Waals surface area contributed by atoms with Crippen molar-refractivity contribution in [3.8, 4) is 0 Å². The zero-order valence-corrected chi connectivity index (χ0v) is 17.9. The third-order valence-corrected chi connectivity index (χ3v) is 8.35. The Hall–Kier alpha value is -2.08. The van der Waals surface area contributed by atoms with E-state index < -0.39 is 41.0 Å². The van der Waals surface area contributed by atoms with Gasteiger partial charge in [-0.1, -0.05) is 31.6 Å². The Balaban J connectivity index is 1.74. The third kappa shape index (κ3) is 2.65. The molecule has 6 heteroatoms. The molecule has 0 unspecified atom stereocenters. The van der Waals surface area contributed by atoms with Crippen LogP contribution in [0.2, 0.25) is 0 Å². The van der Waals surface area contributed by atoms with Crippen LogP contribution in [0.1, 0.15) is 47.0 Å².